The second-order valence-corrected chi connectivity index (χ2v) is 7.01. The molecule has 6 heteroatoms. The second kappa shape index (κ2) is 8.08. The molecule has 0 unspecified atom stereocenters. The van der Waals surface area contributed by atoms with Gasteiger partial charge in [0.1, 0.15) is 5.15 Å². The minimum atomic E-state index is -0.378. The van der Waals surface area contributed by atoms with Crippen molar-refractivity contribution in [1.29, 1.82) is 0 Å². The van der Waals surface area contributed by atoms with Gasteiger partial charge in [-0.3, -0.25) is 14.3 Å². The molecule has 118 valence electrons. The van der Waals surface area contributed by atoms with E-state index in [9.17, 15) is 9.59 Å². The average molecular weight is 331 g/mol. The summed E-state index contributed by atoms with van der Waals surface area (Å²) in [5.41, 5.74) is 0.0648. The van der Waals surface area contributed by atoms with Gasteiger partial charge in [0.25, 0.3) is 5.56 Å². The van der Waals surface area contributed by atoms with Crippen LogP contribution in [-0.4, -0.2) is 21.6 Å². The van der Waals surface area contributed by atoms with E-state index < -0.39 is 0 Å². The lowest BCUT2D eigenvalue weighted by Gasteiger charge is -2.13. The van der Waals surface area contributed by atoms with Gasteiger partial charge >= 0.3 is 5.69 Å². The molecule has 1 aliphatic carbocycles. The Balaban J connectivity index is 2.15. The quantitative estimate of drug-likeness (QED) is 0.616. The molecule has 0 saturated heterocycles. The summed E-state index contributed by atoms with van der Waals surface area (Å²) in [6, 6.07) is 0. The van der Waals surface area contributed by atoms with Crippen molar-refractivity contribution in [2.45, 2.75) is 57.4 Å². The summed E-state index contributed by atoms with van der Waals surface area (Å²) < 4.78 is 1.33. The maximum absolute atomic E-state index is 12.6. The van der Waals surface area contributed by atoms with Crippen LogP contribution >= 0.6 is 23.4 Å². The zero-order valence-corrected chi connectivity index (χ0v) is 14.1. The topological polar surface area (TPSA) is 54.9 Å². The molecular formula is C15H23ClN2O2S. The standard InChI is InChI=1S/C15H23ClN2O2S/c1-21-10-6-2-5-9-18-14(19)12(11-7-3-4-8-11)13(16)17-15(18)20/h11H,2-10H2,1H3,(H,17,20). The van der Waals surface area contributed by atoms with E-state index in [-0.39, 0.29) is 22.3 Å². The molecule has 0 atom stereocenters. The first kappa shape index (κ1) is 16.7. The number of nitrogens with zero attached hydrogens (tertiary/aromatic N) is 1. The minimum Gasteiger partial charge on any atom is -0.297 e. The Morgan fingerprint density at radius 3 is 2.62 bits per heavy atom. The van der Waals surface area contributed by atoms with Crippen molar-refractivity contribution in [2.75, 3.05) is 12.0 Å². The maximum Gasteiger partial charge on any atom is 0.329 e. The normalized spacial score (nSPS) is 15.7. The number of aromatic amines is 1. The van der Waals surface area contributed by atoms with E-state index >= 15 is 0 Å². The molecule has 0 aliphatic heterocycles. The summed E-state index contributed by atoms with van der Waals surface area (Å²) >= 11 is 7.94. The van der Waals surface area contributed by atoms with E-state index in [4.69, 9.17) is 11.6 Å². The Kier molecular flexibility index (Phi) is 6.42. The Hall–Kier alpha value is -0.680. The largest absolute Gasteiger partial charge is 0.329 e. The van der Waals surface area contributed by atoms with Crippen molar-refractivity contribution in [3.05, 3.63) is 31.6 Å². The third kappa shape index (κ3) is 4.16. The molecular weight excluding hydrogens is 308 g/mol. The van der Waals surface area contributed by atoms with Gasteiger partial charge in [0.2, 0.25) is 0 Å². The summed E-state index contributed by atoms with van der Waals surface area (Å²) in [6.07, 6.45) is 9.36. The van der Waals surface area contributed by atoms with E-state index in [1.807, 2.05) is 11.8 Å². The number of rotatable bonds is 7. The molecule has 1 fully saturated rings. The molecule has 4 nitrogen and oxygen atoms in total. The van der Waals surface area contributed by atoms with Crippen LogP contribution in [-0.2, 0) is 6.54 Å². The van der Waals surface area contributed by atoms with Crippen molar-refractivity contribution < 1.29 is 0 Å². The number of unbranched alkanes of at least 4 members (excludes halogenated alkanes) is 2. The lowest BCUT2D eigenvalue weighted by molar-refractivity contribution is 0.551. The smallest absolute Gasteiger partial charge is 0.297 e. The molecule has 1 aromatic rings. The van der Waals surface area contributed by atoms with Gasteiger partial charge in [-0.15, -0.1) is 0 Å². The van der Waals surface area contributed by atoms with Gasteiger partial charge in [-0.2, -0.15) is 11.8 Å². The van der Waals surface area contributed by atoms with Crippen LogP contribution in [0.15, 0.2) is 9.59 Å². The molecule has 1 heterocycles. The molecule has 1 aliphatic rings. The Labute approximate surface area is 134 Å². The van der Waals surface area contributed by atoms with E-state index in [0.29, 0.717) is 12.1 Å². The molecule has 0 aromatic carbocycles. The SMILES string of the molecule is CSCCCCCn1c(=O)[nH]c(Cl)c(C2CCCC2)c1=O. The van der Waals surface area contributed by atoms with Crippen molar-refractivity contribution >= 4 is 23.4 Å². The Bertz CT molecular complexity index is 576. The zero-order valence-electron chi connectivity index (χ0n) is 12.5. The van der Waals surface area contributed by atoms with Gasteiger partial charge in [0.15, 0.2) is 0 Å². The fourth-order valence-electron chi connectivity index (χ4n) is 3.02. The molecule has 2 rings (SSSR count). The molecule has 0 radical (unpaired) electrons. The van der Waals surface area contributed by atoms with Crippen LogP contribution in [0.5, 0.6) is 0 Å². The minimum absolute atomic E-state index is 0.180. The number of halogens is 1. The molecule has 0 amide bonds. The van der Waals surface area contributed by atoms with Crippen molar-refractivity contribution in [3.8, 4) is 0 Å². The second-order valence-electron chi connectivity index (χ2n) is 5.65. The number of H-pyrrole nitrogens is 1. The highest BCUT2D eigenvalue weighted by Crippen LogP contribution is 2.34. The average Bonchev–Trinajstić information content (AvgIpc) is 2.95. The first-order valence-corrected chi connectivity index (χ1v) is 9.43. The van der Waals surface area contributed by atoms with Gasteiger partial charge < -0.3 is 0 Å². The number of thioether (sulfide) groups is 1. The summed E-state index contributed by atoms with van der Waals surface area (Å²) in [5, 5.41) is 0.246. The Morgan fingerprint density at radius 1 is 1.24 bits per heavy atom. The summed E-state index contributed by atoms with van der Waals surface area (Å²) in [4.78, 5) is 27.2. The van der Waals surface area contributed by atoms with Crippen molar-refractivity contribution in [2.24, 2.45) is 0 Å². The predicted molar refractivity (Wildman–Crippen MR) is 89.8 cm³/mol. The van der Waals surface area contributed by atoms with Crippen LogP contribution in [0.4, 0.5) is 0 Å². The molecule has 0 bridgehead atoms. The Morgan fingerprint density at radius 2 is 1.95 bits per heavy atom. The maximum atomic E-state index is 12.6. The fraction of sp³-hybridized carbons (Fsp3) is 0.733. The van der Waals surface area contributed by atoms with Gasteiger partial charge in [-0.25, -0.2) is 4.79 Å². The van der Waals surface area contributed by atoms with Gasteiger partial charge in [-0.1, -0.05) is 30.9 Å². The molecule has 21 heavy (non-hydrogen) atoms. The van der Waals surface area contributed by atoms with Crippen LogP contribution in [0.25, 0.3) is 0 Å². The lowest BCUT2D eigenvalue weighted by Crippen LogP contribution is -2.38. The van der Waals surface area contributed by atoms with Gasteiger partial charge in [0.05, 0.1) is 5.56 Å². The number of aromatic nitrogens is 2. The van der Waals surface area contributed by atoms with Crippen molar-refractivity contribution in [1.82, 2.24) is 9.55 Å². The van der Waals surface area contributed by atoms with Gasteiger partial charge in [0, 0.05) is 6.54 Å². The predicted octanol–water partition coefficient (Wildman–Crippen LogP) is 3.38. The fourth-order valence-corrected chi connectivity index (χ4v) is 3.83. The first-order chi connectivity index (χ1) is 10.1. The summed E-state index contributed by atoms with van der Waals surface area (Å²) in [6.45, 7) is 0.486. The monoisotopic (exact) mass is 330 g/mol. The van der Waals surface area contributed by atoms with Crippen LogP contribution in [0.3, 0.4) is 0 Å². The zero-order chi connectivity index (χ0) is 15.2. The van der Waals surface area contributed by atoms with Crippen LogP contribution in [0, 0.1) is 0 Å². The molecule has 0 spiro atoms. The molecule has 1 saturated carbocycles. The van der Waals surface area contributed by atoms with E-state index in [1.54, 1.807) is 0 Å². The number of nitrogens with one attached hydrogen (secondary N) is 1. The highest BCUT2D eigenvalue weighted by Gasteiger charge is 2.24. The highest BCUT2D eigenvalue weighted by atomic mass is 35.5. The van der Waals surface area contributed by atoms with E-state index in [0.717, 1.165) is 50.7 Å². The van der Waals surface area contributed by atoms with Crippen LogP contribution in [0.2, 0.25) is 5.15 Å². The van der Waals surface area contributed by atoms with E-state index in [1.165, 1.54) is 4.57 Å². The third-order valence-electron chi connectivity index (χ3n) is 4.17. The number of hydrogen-bond donors (Lipinski definition) is 1. The highest BCUT2D eigenvalue weighted by molar-refractivity contribution is 7.98. The van der Waals surface area contributed by atoms with Crippen LogP contribution < -0.4 is 11.2 Å². The first-order valence-electron chi connectivity index (χ1n) is 7.66. The molecule has 1 N–H and O–H groups in total. The van der Waals surface area contributed by atoms with Crippen LogP contribution in [0.1, 0.15) is 56.4 Å². The summed E-state index contributed by atoms with van der Waals surface area (Å²) in [5.74, 6) is 1.34. The summed E-state index contributed by atoms with van der Waals surface area (Å²) in [7, 11) is 0. The number of hydrogen-bond acceptors (Lipinski definition) is 3. The van der Waals surface area contributed by atoms with Gasteiger partial charge in [-0.05, 0) is 43.6 Å². The lowest BCUT2D eigenvalue weighted by atomic mass is 10.0. The third-order valence-corrected chi connectivity index (χ3v) is 5.16. The molecule has 1 aromatic heterocycles. The van der Waals surface area contributed by atoms with E-state index in [2.05, 4.69) is 11.2 Å². The van der Waals surface area contributed by atoms with Crippen molar-refractivity contribution in [3.63, 3.8) is 0 Å².